The van der Waals surface area contributed by atoms with Crippen molar-refractivity contribution < 1.29 is 18.1 Å². The zero-order valence-corrected chi connectivity index (χ0v) is 14.4. The van der Waals surface area contributed by atoms with E-state index in [9.17, 15) is 13.4 Å². The van der Waals surface area contributed by atoms with Crippen molar-refractivity contribution >= 4 is 34.0 Å². The molecular weight excluding hydrogens is 378 g/mol. The molecule has 0 spiro atoms. The highest BCUT2D eigenvalue weighted by Gasteiger charge is 2.13. The summed E-state index contributed by atoms with van der Waals surface area (Å²) in [6, 6.07) is 10.1. The van der Waals surface area contributed by atoms with Gasteiger partial charge in [-0.05, 0) is 23.8 Å². The lowest BCUT2D eigenvalue weighted by molar-refractivity contribution is 0.130. The maximum atomic E-state index is 14.2. The summed E-state index contributed by atoms with van der Waals surface area (Å²) in [4.78, 5) is 0. The van der Waals surface area contributed by atoms with Crippen LogP contribution < -0.4 is 10.5 Å². The second-order valence-corrected chi connectivity index (χ2v) is 5.58. The molecule has 3 rings (SSSR count). The van der Waals surface area contributed by atoms with Crippen molar-refractivity contribution in [1.29, 1.82) is 0 Å². The van der Waals surface area contributed by atoms with Crippen LogP contribution in [0.15, 0.2) is 36.4 Å². The van der Waals surface area contributed by atoms with Gasteiger partial charge in [0.05, 0.1) is 17.8 Å². The van der Waals surface area contributed by atoms with E-state index in [1.54, 1.807) is 31.4 Å². The minimum Gasteiger partial charge on any atom is -0.495 e. The number of benzene rings is 2. The third-order valence-electron chi connectivity index (χ3n) is 3.37. The molecular formula is C16H12Cl2F3N3O. The van der Waals surface area contributed by atoms with Crippen molar-refractivity contribution in [3.8, 4) is 5.75 Å². The van der Waals surface area contributed by atoms with Crippen molar-refractivity contribution in [1.82, 2.24) is 16.0 Å². The number of fused-ring (bicyclic) bond motifs is 1. The van der Waals surface area contributed by atoms with Crippen LogP contribution in [0.5, 0.6) is 5.75 Å². The van der Waals surface area contributed by atoms with Crippen LogP contribution >= 0.6 is 23.2 Å². The first kappa shape index (κ1) is 19.2. The number of halogens is 5. The molecule has 2 aromatic carbocycles. The van der Waals surface area contributed by atoms with Crippen molar-refractivity contribution in [3.63, 3.8) is 0 Å². The van der Waals surface area contributed by atoms with Gasteiger partial charge in [-0.15, -0.1) is 14.1 Å². The minimum absolute atomic E-state index is 0.186. The third kappa shape index (κ3) is 4.50. The van der Waals surface area contributed by atoms with E-state index in [1.165, 1.54) is 6.07 Å². The van der Waals surface area contributed by atoms with E-state index in [0.717, 1.165) is 5.56 Å². The van der Waals surface area contributed by atoms with Crippen molar-refractivity contribution in [2.24, 2.45) is 0 Å². The monoisotopic (exact) mass is 389 g/mol. The van der Waals surface area contributed by atoms with Gasteiger partial charge in [-0.1, -0.05) is 41.4 Å². The molecule has 1 heterocycles. The van der Waals surface area contributed by atoms with Gasteiger partial charge < -0.3 is 4.74 Å². The largest absolute Gasteiger partial charge is 0.495 e. The second-order valence-electron chi connectivity index (χ2n) is 4.82. The summed E-state index contributed by atoms with van der Waals surface area (Å²) in [7, 11) is 1.55. The Kier molecular flexibility index (Phi) is 6.81. The zero-order valence-electron chi connectivity index (χ0n) is 12.9. The molecule has 0 aliphatic carbocycles. The van der Waals surface area contributed by atoms with Crippen molar-refractivity contribution in [3.05, 3.63) is 63.6 Å². The Bertz CT molecular complexity index is 881. The summed E-state index contributed by atoms with van der Waals surface area (Å²) in [5, 5.41) is 9.54. The Balaban J connectivity index is 0.000000701. The summed E-state index contributed by atoms with van der Waals surface area (Å²) < 4.78 is 38.0. The Morgan fingerprint density at radius 3 is 2.48 bits per heavy atom. The highest BCUT2D eigenvalue weighted by molar-refractivity contribution is 6.34. The summed E-state index contributed by atoms with van der Waals surface area (Å²) in [5.74, 6) is -0.0347. The molecule has 0 unspecified atom stereocenters. The maximum absolute atomic E-state index is 14.2. The Morgan fingerprint density at radius 1 is 1.12 bits per heavy atom. The molecule has 0 amide bonds. The number of rotatable bonds is 3. The molecule has 132 valence electrons. The van der Waals surface area contributed by atoms with Crippen LogP contribution in [0.2, 0.25) is 10.2 Å². The minimum atomic E-state index is -0.371. The van der Waals surface area contributed by atoms with E-state index in [-0.39, 0.29) is 16.7 Å². The van der Waals surface area contributed by atoms with Gasteiger partial charge in [0.2, 0.25) is 0 Å². The van der Waals surface area contributed by atoms with E-state index in [4.69, 9.17) is 27.9 Å². The lowest BCUT2D eigenvalue weighted by atomic mass is 10.0. The Labute approximate surface area is 151 Å². The van der Waals surface area contributed by atoms with E-state index in [1.807, 2.05) is 6.07 Å². The fourth-order valence-electron chi connectivity index (χ4n) is 2.33. The average Bonchev–Trinajstić information content (AvgIpc) is 2.59. The Hall–Kier alpha value is -2.09. The van der Waals surface area contributed by atoms with Crippen molar-refractivity contribution in [2.45, 2.75) is 6.42 Å². The molecule has 0 atom stereocenters. The highest BCUT2D eigenvalue weighted by Crippen LogP contribution is 2.29. The van der Waals surface area contributed by atoms with E-state index in [0.29, 0.717) is 33.7 Å². The first-order valence-corrected chi connectivity index (χ1v) is 7.65. The number of nitrogens with one attached hydrogen (secondary N) is 1. The molecule has 0 bridgehead atoms. The molecule has 25 heavy (non-hydrogen) atoms. The van der Waals surface area contributed by atoms with E-state index in [2.05, 4.69) is 10.2 Å². The van der Waals surface area contributed by atoms with Gasteiger partial charge >= 0.3 is 0 Å². The van der Waals surface area contributed by atoms with Crippen LogP contribution in [0.25, 0.3) is 10.8 Å². The van der Waals surface area contributed by atoms with Gasteiger partial charge in [-0.3, -0.25) is 0 Å². The molecule has 1 aromatic heterocycles. The number of methoxy groups -OCH3 is 1. The summed E-state index contributed by atoms with van der Waals surface area (Å²) >= 11 is 12.1. The predicted molar refractivity (Wildman–Crippen MR) is 90.7 cm³/mol. The van der Waals surface area contributed by atoms with Crippen LogP contribution in [0.3, 0.4) is 0 Å². The van der Waals surface area contributed by atoms with Crippen molar-refractivity contribution in [2.75, 3.05) is 7.11 Å². The molecule has 0 radical (unpaired) electrons. The van der Waals surface area contributed by atoms with Gasteiger partial charge in [0.1, 0.15) is 11.6 Å². The zero-order chi connectivity index (χ0) is 18.4. The number of aromatic nitrogens is 2. The lowest BCUT2D eigenvalue weighted by Crippen LogP contribution is -1.99. The molecule has 0 saturated heterocycles. The topological polar surface area (TPSA) is 47.0 Å². The highest BCUT2D eigenvalue weighted by atomic mass is 35.5. The number of hydrogen-bond acceptors (Lipinski definition) is 4. The van der Waals surface area contributed by atoms with Crippen LogP contribution in [0.4, 0.5) is 13.4 Å². The molecule has 3 aromatic rings. The molecule has 0 saturated carbocycles. The number of hydrogen-bond donors (Lipinski definition) is 1. The molecule has 1 N–H and O–H groups in total. The van der Waals surface area contributed by atoms with E-state index < -0.39 is 0 Å². The lowest BCUT2D eigenvalue weighted by Gasteiger charge is -2.09. The van der Waals surface area contributed by atoms with Gasteiger partial charge in [-0.2, -0.15) is 5.10 Å². The van der Waals surface area contributed by atoms with Crippen LogP contribution in [0.1, 0.15) is 11.3 Å². The first-order chi connectivity index (χ1) is 12.0. The number of nitrogens with zero attached hydrogens (tertiary/aromatic N) is 2. The molecule has 9 heteroatoms. The Morgan fingerprint density at radius 2 is 1.84 bits per heavy atom. The second kappa shape index (κ2) is 8.84. The van der Waals surface area contributed by atoms with Gasteiger partial charge in [-0.25, -0.2) is 4.39 Å². The summed E-state index contributed by atoms with van der Waals surface area (Å²) in [6.07, 6.45) is 0.394. The summed E-state index contributed by atoms with van der Waals surface area (Å²) in [6.45, 7) is 0. The molecule has 0 aliphatic heterocycles. The van der Waals surface area contributed by atoms with Gasteiger partial charge in [0.25, 0.3) is 0 Å². The van der Waals surface area contributed by atoms with Crippen LogP contribution in [0, 0.1) is 5.82 Å². The normalized spacial score (nSPS) is 10.3. The van der Waals surface area contributed by atoms with Crippen LogP contribution in [-0.4, -0.2) is 17.3 Å². The molecule has 0 fully saturated rings. The quantitative estimate of drug-likeness (QED) is 0.638. The third-order valence-corrected chi connectivity index (χ3v) is 3.95. The van der Waals surface area contributed by atoms with Gasteiger partial charge in [0.15, 0.2) is 5.15 Å². The fraction of sp³-hybridized carbons (Fsp3) is 0.125. The van der Waals surface area contributed by atoms with Crippen LogP contribution in [-0.2, 0) is 6.42 Å². The van der Waals surface area contributed by atoms with E-state index >= 15 is 0 Å². The first-order valence-electron chi connectivity index (χ1n) is 6.89. The van der Waals surface area contributed by atoms with Gasteiger partial charge in [0, 0.05) is 23.0 Å². The standard InChI is InChI=1S/C16H11Cl2FN2O.F2HN/c1-22-14-6-5-9(7-11(14)17)8-13-15-10(16(18)21-20-13)3-2-4-12(15)19;1-3-2/h2-7H,8H2,1H3;3H. The molecule has 4 nitrogen and oxygen atoms in total. The SMILES string of the molecule is COc1ccc(Cc2nnc(Cl)c3cccc(F)c23)cc1Cl.FNF. The average molecular weight is 390 g/mol. The molecule has 0 aliphatic rings. The predicted octanol–water partition coefficient (Wildman–Crippen LogP) is 5.02. The maximum Gasteiger partial charge on any atom is 0.159 e. The fourth-order valence-corrected chi connectivity index (χ4v) is 2.81. The number of ether oxygens (including phenoxy) is 1. The summed E-state index contributed by atoms with van der Waals surface area (Å²) in [5.41, 5.74) is 1.39. The smallest absolute Gasteiger partial charge is 0.159 e.